The van der Waals surface area contributed by atoms with Gasteiger partial charge >= 0.3 is 0 Å². The van der Waals surface area contributed by atoms with Gasteiger partial charge in [-0.3, -0.25) is 0 Å². The van der Waals surface area contributed by atoms with Gasteiger partial charge in [-0.2, -0.15) is 0 Å². The van der Waals surface area contributed by atoms with E-state index in [9.17, 15) is 0 Å². The zero-order chi connectivity index (χ0) is 19.5. The SMILES string of the molecule is COc1ccc(N2Cc3ccccc3C(Cc3cc(Br)ccc3OC)C2)cc1. The molecule has 3 aromatic rings. The molecule has 0 saturated heterocycles. The van der Waals surface area contributed by atoms with Crippen LogP contribution in [0.3, 0.4) is 0 Å². The summed E-state index contributed by atoms with van der Waals surface area (Å²) in [4.78, 5) is 2.46. The van der Waals surface area contributed by atoms with Gasteiger partial charge in [0.15, 0.2) is 0 Å². The minimum absolute atomic E-state index is 0.398. The van der Waals surface area contributed by atoms with Gasteiger partial charge in [0, 0.05) is 29.2 Å². The smallest absolute Gasteiger partial charge is 0.122 e. The number of nitrogens with zero attached hydrogens (tertiary/aromatic N) is 1. The minimum Gasteiger partial charge on any atom is -0.497 e. The van der Waals surface area contributed by atoms with Gasteiger partial charge in [-0.1, -0.05) is 40.2 Å². The highest BCUT2D eigenvalue weighted by Gasteiger charge is 2.26. The first-order chi connectivity index (χ1) is 13.7. The third-order valence-electron chi connectivity index (χ3n) is 5.44. The molecule has 1 atom stereocenters. The number of methoxy groups -OCH3 is 2. The summed E-state index contributed by atoms with van der Waals surface area (Å²) in [5, 5.41) is 0. The van der Waals surface area contributed by atoms with Crippen molar-refractivity contribution >= 4 is 21.6 Å². The fourth-order valence-electron chi connectivity index (χ4n) is 4.05. The van der Waals surface area contributed by atoms with Crippen molar-refractivity contribution in [3.63, 3.8) is 0 Å². The molecule has 1 heterocycles. The van der Waals surface area contributed by atoms with Gasteiger partial charge in [0.05, 0.1) is 14.2 Å². The maximum Gasteiger partial charge on any atom is 0.122 e. The Morgan fingerprint density at radius 3 is 2.50 bits per heavy atom. The second kappa shape index (κ2) is 8.27. The van der Waals surface area contributed by atoms with Crippen molar-refractivity contribution in [2.45, 2.75) is 18.9 Å². The zero-order valence-electron chi connectivity index (χ0n) is 16.2. The summed E-state index contributed by atoms with van der Waals surface area (Å²) in [6, 6.07) is 23.4. The Bertz CT molecular complexity index is 955. The molecular formula is C24H24BrNO2. The van der Waals surface area contributed by atoms with Gasteiger partial charge in [0.25, 0.3) is 0 Å². The van der Waals surface area contributed by atoms with Crippen LogP contribution < -0.4 is 14.4 Å². The Kier molecular flexibility index (Phi) is 5.58. The number of halogens is 1. The van der Waals surface area contributed by atoms with Crippen LogP contribution in [0.1, 0.15) is 22.6 Å². The van der Waals surface area contributed by atoms with Crippen LogP contribution in [-0.2, 0) is 13.0 Å². The van der Waals surface area contributed by atoms with Gasteiger partial charge in [0.1, 0.15) is 11.5 Å². The average Bonchev–Trinajstić information content (AvgIpc) is 2.74. The largest absolute Gasteiger partial charge is 0.497 e. The molecule has 0 aromatic heterocycles. The molecule has 1 aliphatic heterocycles. The van der Waals surface area contributed by atoms with E-state index < -0.39 is 0 Å². The van der Waals surface area contributed by atoms with E-state index in [-0.39, 0.29) is 0 Å². The van der Waals surface area contributed by atoms with E-state index in [1.807, 2.05) is 24.3 Å². The predicted molar refractivity (Wildman–Crippen MR) is 118 cm³/mol. The molecule has 28 heavy (non-hydrogen) atoms. The van der Waals surface area contributed by atoms with Crippen LogP contribution in [0.2, 0.25) is 0 Å². The number of benzene rings is 3. The number of hydrogen-bond donors (Lipinski definition) is 0. The summed E-state index contributed by atoms with van der Waals surface area (Å²) >= 11 is 3.61. The molecule has 0 saturated carbocycles. The minimum atomic E-state index is 0.398. The Balaban J connectivity index is 1.66. The predicted octanol–water partition coefficient (Wildman–Crippen LogP) is 5.81. The normalized spacial score (nSPS) is 15.8. The molecule has 4 heteroatoms. The molecule has 144 valence electrons. The van der Waals surface area contributed by atoms with Crippen molar-refractivity contribution in [2.75, 3.05) is 25.7 Å². The molecule has 0 spiro atoms. The first-order valence-electron chi connectivity index (χ1n) is 9.47. The first-order valence-corrected chi connectivity index (χ1v) is 10.3. The highest BCUT2D eigenvalue weighted by Crippen LogP contribution is 2.36. The third kappa shape index (κ3) is 3.88. The molecule has 0 aliphatic carbocycles. The summed E-state index contributed by atoms with van der Waals surface area (Å²) in [6.07, 6.45) is 0.937. The number of anilines is 1. The van der Waals surface area contributed by atoms with Crippen LogP contribution >= 0.6 is 15.9 Å². The Labute approximate surface area is 175 Å². The van der Waals surface area contributed by atoms with Crippen LogP contribution in [0.25, 0.3) is 0 Å². The van der Waals surface area contributed by atoms with E-state index in [0.717, 1.165) is 35.5 Å². The Morgan fingerprint density at radius 2 is 1.75 bits per heavy atom. The van der Waals surface area contributed by atoms with E-state index >= 15 is 0 Å². The van der Waals surface area contributed by atoms with E-state index in [0.29, 0.717) is 5.92 Å². The molecule has 3 nitrogen and oxygen atoms in total. The summed E-state index contributed by atoms with van der Waals surface area (Å²) in [5.41, 5.74) is 5.28. The van der Waals surface area contributed by atoms with Crippen LogP contribution in [0.15, 0.2) is 71.2 Å². The average molecular weight is 438 g/mol. The molecule has 0 fully saturated rings. The molecule has 1 aliphatic rings. The monoisotopic (exact) mass is 437 g/mol. The van der Waals surface area contributed by atoms with Gasteiger partial charge in [-0.25, -0.2) is 0 Å². The lowest BCUT2D eigenvalue weighted by Gasteiger charge is -2.36. The maximum absolute atomic E-state index is 5.62. The fourth-order valence-corrected chi connectivity index (χ4v) is 4.46. The number of hydrogen-bond acceptors (Lipinski definition) is 3. The van der Waals surface area contributed by atoms with Crippen LogP contribution in [0.5, 0.6) is 11.5 Å². The highest BCUT2D eigenvalue weighted by molar-refractivity contribution is 9.10. The molecular weight excluding hydrogens is 414 g/mol. The van der Waals surface area contributed by atoms with Crippen molar-refractivity contribution in [2.24, 2.45) is 0 Å². The quantitative estimate of drug-likeness (QED) is 0.502. The topological polar surface area (TPSA) is 21.7 Å². The summed E-state index contributed by atoms with van der Waals surface area (Å²) in [5.74, 6) is 2.23. The maximum atomic E-state index is 5.62. The second-order valence-electron chi connectivity index (χ2n) is 7.13. The lowest BCUT2D eigenvalue weighted by molar-refractivity contribution is 0.407. The van der Waals surface area contributed by atoms with E-state index in [2.05, 4.69) is 63.3 Å². The fraction of sp³-hybridized carbons (Fsp3) is 0.250. The van der Waals surface area contributed by atoms with Crippen molar-refractivity contribution in [1.29, 1.82) is 0 Å². The van der Waals surface area contributed by atoms with Gasteiger partial charge in [-0.15, -0.1) is 0 Å². The Hall–Kier alpha value is -2.46. The lowest BCUT2D eigenvalue weighted by Crippen LogP contribution is -2.34. The molecule has 4 rings (SSSR count). The van der Waals surface area contributed by atoms with Crippen molar-refractivity contribution in [3.05, 3.63) is 87.9 Å². The summed E-state index contributed by atoms with van der Waals surface area (Å²) in [7, 11) is 3.44. The molecule has 0 bridgehead atoms. The molecule has 0 radical (unpaired) electrons. The van der Waals surface area contributed by atoms with Crippen LogP contribution in [0.4, 0.5) is 5.69 Å². The third-order valence-corrected chi connectivity index (χ3v) is 5.94. The highest BCUT2D eigenvalue weighted by atomic mass is 79.9. The molecule has 0 amide bonds. The second-order valence-corrected chi connectivity index (χ2v) is 8.05. The Morgan fingerprint density at radius 1 is 0.964 bits per heavy atom. The molecule has 0 N–H and O–H groups in total. The first kappa shape index (κ1) is 18.9. The van der Waals surface area contributed by atoms with Gasteiger partial charge < -0.3 is 14.4 Å². The summed E-state index contributed by atoms with van der Waals surface area (Å²) < 4.78 is 12.0. The van der Waals surface area contributed by atoms with E-state index in [1.165, 1.54) is 22.4 Å². The van der Waals surface area contributed by atoms with Crippen molar-refractivity contribution in [3.8, 4) is 11.5 Å². The van der Waals surface area contributed by atoms with Gasteiger partial charge in [0.2, 0.25) is 0 Å². The van der Waals surface area contributed by atoms with E-state index in [4.69, 9.17) is 9.47 Å². The van der Waals surface area contributed by atoms with Crippen LogP contribution in [-0.4, -0.2) is 20.8 Å². The van der Waals surface area contributed by atoms with Crippen LogP contribution in [0, 0.1) is 0 Å². The number of ether oxygens (including phenoxy) is 2. The van der Waals surface area contributed by atoms with Crippen molar-refractivity contribution in [1.82, 2.24) is 0 Å². The zero-order valence-corrected chi connectivity index (χ0v) is 17.8. The summed E-state index contributed by atoms with van der Waals surface area (Å²) in [6.45, 7) is 1.90. The van der Waals surface area contributed by atoms with Gasteiger partial charge in [-0.05, 0) is 65.6 Å². The lowest BCUT2D eigenvalue weighted by atomic mass is 9.85. The van der Waals surface area contributed by atoms with Crippen molar-refractivity contribution < 1.29 is 9.47 Å². The standard InChI is InChI=1S/C24H24BrNO2/c1-27-22-10-8-21(9-11-22)26-15-17-5-3-4-6-23(17)19(16-26)13-18-14-20(25)7-12-24(18)28-2/h3-12,14,19H,13,15-16H2,1-2H3. The molecule has 1 unspecified atom stereocenters. The molecule has 3 aromatic carbocycles. The van der Waals surface area contributed by atoms with E-state index in [1.54, 1.807) is 14.2 Å². The number of fused-ring (bicyclic) bond motifs is 1. The number of rotatable bonds is 5.